The number of rotatable bonds is 8. The first-order valence-corrected chi connectivity index (χ1v) is 9.22. The second-order valence-corrected chi connectivity index (χ2v) is 6.60. The summed E-state index contributed by atoms with van der Waals surface area (Å²) in [6, 6.07) is 15.7. The number of ether oxygens (including phenoxy) is 2. The summed E-state index contributed by atoms with van der Waals surface area (Å²) in [6.07, 6.45) is 0. The van der Waals surface area contributed by atoms with Crippen LogP contribution in [0.1, 0.15) is 12.5 Å². The summed E-state index contributed by atoms with van der Waals surface area (Å²) in [5.41, 5.74) is 2.08. The normalized spacial score (nSPS) is 12.0. The summed E-state index contributed by atoms with van der Waals surface area (Å²) in [5, 5.41) is 8.40. The Morgan fingerprint density at radius 1 is 1.00 bits per heavy atom. The predicted molar refractivity (Wildman–Crippen MR) is 105 cm³/mol. The molecule has 2 aromatic carbocycles. The van der Waals surface area contributed by atoms with E-state index in [1.165, 1.54) is 10.5 Å². The quantitative estimate of drug-likeness (QED) is 0.599. The minimum Gasteiger partial charge on any atom is -0.497 e. The van der Waals surface area contributed by atoms with Crippen LogP contribution in [0.3, 0.4) is 0 Å². The zero-order valence-electron chi connectivity index (χ0n) is 15.8. The summed E-state index contributed by atoms with van der Waals surface area (Å²) in [4.78, 5) is 1.25. The predicted octanol–water partition coefficient (Wildman–Crippen LogP) is 1.88. The third-order valence-corrected chi connectivity index (χ3v) is 4.50. The molecular weight excluding hydrogens is 362 g/mol. The van der Waals surface area contributed by atoms with Crippen molar-refractivity contribution in [2.75, 3.05) is 20.8 Å². The number of aromatic nitrogens is 4. The Morgan fingerprint density at radius 3 is 2.30 bits per heavy atom. The van der Waals surface area contributed by atoms with Crippen molar-refractivity contribution in [3.63, 3.8) is 0 Å². The van der Waals surface area contributed by atoms with Crippen LogP contribution in [0.15, 0.2) is 48.5 Å². The molecule has 27 heavy (non-hydrogen) atoms. The number of quaternary nitrogens is 1. The zero-order valence-corrected chi connectivity index (χ0v) is 16.6. The number of hydrogen-bond donors (Lipinski definition) is 1. The molecule has 0 aliphatic heterocycles. The molecule has 1 atom stereocenters. The van der Waals surface area contributed by atoms with Crippen molar-refractivity contribution in [2.24, 2.45) is 0 Å². The smallest absolute Gasteiger partial charge is 0.225 e. The molecule has 142 valence electrons. The lowest BCUT2D eigenvalue weighted by atomic mass is 10.2. The van der Waals surface area contributed by atoms with Crippen LogP contribution in [0.2, 0.25) is 0 Å². The van der Waals surface area contributed by atoms with E-state index in [2.05, 4.69) is 29.6 Å². The summed E-state index contributed by atoms with van der Waals surface area (Å²) in [7, 11) is 3.74. The molecule has 0 bridgehead atoms. The molecule has 0 fully saturated rings. The lowest BCUT2D eigenvalue weighted by Gasteiger charge is -2.13. The lowest BCUT2D eigenvalue weighted by Crippen LogP contribution is -3.07. The number of tetrazole rings is 1. The minimum absolute atomic E-state index is 0.561. The molecular formula is C19H24N5O2S+. The molecule has 0 amide bonds. The topological polar surface area (TPSA) is 58.5 Å². The number of nitrogens with zero attached hydrogens (tertiary/aromatic N) is 4. The number of benzene rings is 2. The summed E-state index contributed by atoms with van der Waals surface area (Å²) in [5.74, 6) is 1.68. The minimum atomic E-state index is 0.561. The van der Waals surface area contributed by atoms with Crippen LogP contribution in [0, 0.1) is 4.77 Å². The fraction of sp³-hybridized carbons (Fsp3) is 0.316. The van der Waals surface area contributed by atoms with Crippen molar-refractivity contribution in [1.29, 1.82) is 0 Å². The fourth-order valence-electron chi connectivity index (χ4n) is 2.79. The number of nitrogens with one attached hydrogen (secondary N) is 1. The first-order valence-electron chi connectivity index (χ1n) is 8.81. The maximum Gasteiger partial charge on any atom is 0.225 e. The Morgan fingerprint density at radius 2 is 1.67 bits per heavy atom. The molecule has 0 aliphatic rings. The van der Waals surface area contributed by atoms with E-state index in [1.54, 1.807) is 16.5 Å². The summed E-state index contributed by atoms with van der Waals surface area (Å²) < 4.78 is 14.6. The van der Waals surface area contributed by atoms with Crippen LogP contribution in [0.5, 0.6) is 11.5 Å². The highest BCUT2D eigenvalue weighted by Gasteiger charge is 2.11. The Labute approximate surface area is 163 Å². The van der Waals surface area contributed by atoms with E-state index in [-0.39, 0.29) is 0 Å². The van der Waals surface area contributed by atoms with Crippen molar-refractivity contribution in [3.05, 3.63) is 58.9 Å². The second kappa shape index (κ2) is 8.79. The van der Waals surface area contributed by atoms with Gasteiger partial charge < -0.3 is 14.4 Å². The van der Waals surface area contributed by atoms with Gasteiger partial charge in [0, 0.05) is 5.56 Å². The fourth-order valence-corrected chi connectivity index (χ4v) is 3.03. The monoisotopic (exact) mass is 386 g/mol. The Balaban J connectivity index is 1.66. The van der Waals surface area contributed by atoms with Gasteiger partial charge in [-0.25, -0.2) is 0 Å². The van der Waals surface area contributed by atoms with Crippen molar-refractivity contribution < 1.29 is 14.4 Å². The molecule has 1 heterocycles. The Kier molecular flexibility index (Phi) is 6.20. The highest BCUT2D eigenvalue weighted by Crippen LogP contribution is 2.14. The van der Waals surface area contributed by atoms with E-state index >= 15 is 0 Å². The summed E-state index contributed by atoms with van der Waals surface area (Å²) >= 11 is 5.54. The molecule has 7 nitrogen and oxygen atoms in total. The molecule has 1 unspecified atom stereocenters. The van der Waals surface area contributed by atoms with Gasteiger partial charge in [0.25, 0.3) is 0 Å². The molecule has 3 rings (SSSR count). The van der Waals surface area contributed by atoms with Crippen LogP contribution < -0.4 is 14.4 Å². The van der Waals surface area contributed by atoms with Gasteiger partial charge in [-0.3, -0.25) is 0 Å². The largest absolute Gasteiger partial charge is 0.497 e. The highest BCUT2D eigenvalue weighted by atomic mass is 32.1. The molecule has 3 aromatic rings. The molecule has 0 aliphatic carbocycles. The van der Waals surface area contributed by atoms with Crippen LogP contribution in [0.4, 0.5) is 0 Å². The first kappa shape index (κ1) is 19.1. The van der Waals surface area contributed by atoms with Crippen LogP contribution in [0.25, 0.3) is 5.69 Å². The third-order valence-electron chi connectivity index (χ3n) is 4.12. The lowest BCUT2D eigenvalue weighted by molar-refractivity contribution is -0.917. The van der Waals surface area contributed by atoms with Gasteiger partial charge in [0.1, 0.15) is 18.0 Å². The van der Waals surface area contributed by atoms with E-state index in [9.17, 15) is 0 Å². The van der Waals surface area contributed by atoms with Gasteiger partial charge in [0.15, 0.2) is 6.67 Å². The van der Waals surface area contributed by atoms with Gasteiger partial charge in [-0.1, -0.05) is 0 Å². The molecule has 1 N–H and O–H groups in total. The van der Waals surface area contributed by atoms with E-state index in [0.717, 1.165) is 23.7 Å². The van der Waals surface area contributed by atoms with E-state index < -0.39 is 0 Å². The number of hydrogen-bond acceptors (Lipinski definition) is 5. The molecule has 0 spiro atoms. The van der Waals surface area contributed by atoms with E-state index in [4.69, 9.17) is 21.7 Å². The average molecular weight is 387 g/mol. The van der Waals surface area contributed by atoms with Gasteiger partial charge in [-0.2, -0.15) is 9.36 Å². The van der Waals surface area contributed by atoms with Crippen molar-refractivity contribution >= 4 is 12.2 Å². The maximum atomic E-state index is 5.54. The average Bonchev–Trinajstić information content (AvgIpc) is 3.04. The maximum absolute atomic E-state index is 5.54. The highest BCUT2D eigenvalue weighted by molar-refractivity contribution is 7.71. The molecule has 0 saturated heterocycles. The standard InChI is InChI=1S/C19H23N5O2S/c1-4-26-18-9-5-15(6-10-18)13-22(2)14-23-19(27)24(21-20-23)16-7-11-17(25-3)12-8-16/h5-12H,4,13-14H2,1-3H3/p+1. The van der Waals surface area contributed by atoms with Gasteiger partial charge in [0.2, 0.25) is 4.77 Å². The SMILES string of the molecule is CCOc1ccc(C[NH+](C)Cn2nnn(-c3ccc(OC)cc3)c2=S)cc1. The van der Waals surface area contributed by atoms with Crippen LogP contribution in [-0.4, -0.2) is 40.6 Å². The molecule has 8 heteroatoms. The van der Waals surface area contributed by atoms with Crippen LogP contribution >= 0.6 is 12.2 Å². The van der Waals surface area contributed by atoms with E-state index in [0.29, 0.717) is 18.0 Å². The van der Waals surface area contributed by atoms with Gasteiger partial charge in [-0.05, 0) is 78.1 Å². The van der Waals surface area contributed by atoms with Crippen LogP contribution in [-0.2, 0) is 13.2 Å². The molecule has 0 saturated carbocycles. The van der Waals surface area contributed by atoms with Crippen molar-refractivity contribution in [1.82, 2.24) is 19.8 Å². The Hall–Kier alpha value is -2.71. The summed E-state index contributed by atoms with van der Waals surface area (Å²) in [6.45, 7) is 4.13. The third kappa shape index (κ3) is 4.72. The molecule has 1 aromatic heterocycles. The second-order valence-electron chi connectivity index (χ2n) is 6.24. The molecule has 0 radical (unpaired) electrons. The Bertz CT molecular complexity index is 919. The zero-order chi connectivity index (χ0) is 19.2. The van der Waals surface area contributed by atoms with Gasteiger partial charge >= 0.3 is 0 Å². The van der Waals surface area contributed by atoms with Gasteiger partial charge in [0.05, 0.1) is 26.5 Å². The van der Waals surface area contributed by atoms with Crippen molar-refractivity contribution in [2.45, 2.75) is 20.1 Å². The van der Waals surface area contributed by atoms with Gasteiger partial charge in [-0.15, -0.1) is 0 Å². The van der Waals surface area contributed by atoms with E-state index in [1.807, 2.05) is 43.3 Å². The first-order chi connectivity index (χ1) is 13.1. The number of methoxy groups -OCH3 is 1. The van der Waals surface area contributed by atoms with Crippen molar-refractivity contribution in [3.8, 4) is 17.2 Å².